The van der Waals surface area contributed by atoms with Crippen LogP contribution in [-0.4, -0.2) is 43.2 Å². The van der Waals surface area contributed by atoms with Crippen LogP contribution < -0.4 is 5.73 Å². The third kappa shape index (κ3) is 4.10. The predicted octanol–water partition coefficient (Wildman–Crippen LogP) is 0.999. The number of nitrogens with zero attached hydrogens (tertiary/aromatic N) is 1. The molecule has 0 aromatic rings. The molecule has 0 aliphatic heterocycles. The van der Waals surface area contributed by atoms with Crippen molar-refractivity contribution in [2.75, 3.05) is 26.8 Å². The van der Waals surface area contributed by atoms with Gasteiger partial charge in [0.2, 0.25) is 5.91 Å². The summed E-state index contributed by atoms with van der Waals surface area (Å²) >= 11 is 0. The van der Waals surface area contributed by atoms with Gasteiger partial charge in [-0.2, -0.15) is 0 Å². The Morgan fingerprint density at radius 2 is 2.19 bits per heavy atom. The summed E-state index contributed by atoms with van der Waals surface area (Å²) in [6.07, 6.45) is 3.25. The monoisotopic (exact) mass is 228 g/mol. The topological polar surface area (TPSA) is 55.6 Å². The highest BCUT2D eigenvalue weighted by Crippen LogP contribution is 2.28. The Bertz CT molecular complexity index is 237. The van der Waals surface area contributed by atoms with Crippen molar-refractivity contribution in [1.29, 1.82) is 0 Å². The molecule has 0 heterocycles. The third-order valence-electron chi connectivity index (χ3n) is 3.19. The van der Waals surface area contributed by atoms with E-state index in [1.165, 1.54) is 12.8 Å². The van der Waals surface area contributed by atoms with Gasteiger partial charge in [0.25, 0.3) is 0 Å². The maximum atomic E-state index is 11.9. The average Bonchev–Trinajstić information content (AvgIpc) is 3.06. The van der Waals surface area contributed by atoms with Gasteiger partial charge in [-0.25, -0.2) is 0 Å². The van der Waals surface area contributed by atoms with Crippen molar-refractivity contribution in [3.63, 3.8) is 0 Å². The van der Waals surface area contributed by atoms with E-state index in [9.17, 15) is 4.79 Å². The molecule has 1 saturated carbocycles. The Labute approximate surface area is 98.1 Å². The summed E-state index contributed by atoms with van der Waals surface area (Å²) < 4.78 is 5.49. The molecule has 1 aliphatic rings. The first kappa shape index (κ1) is 13.5. The van der Waals surface area contributed by atoms with E-state index in [4.69, 9.17) is 10.5 Å². The minimum absolute atomic E-state index is 0.00924. The number of amides is 1. The smallest absolute Gasteiger partial charge is 0.242 e. The van der Waals surface area contributed by atoms with Gasteiger partial charge in [-0.3, -0.25) is 4.79 Å². The standard InChI is InChI=1S/C12H24N2O2/c1-4-12(2,13)11(15)14(3)7-8-16-9-10-5-6-10/h10H,4-9,13H2,1-3H3. The molecule has 1 rings (SSSR count). The molecule has 0 aromatic heterocycles. The maximum Gasteiger partial charge on any atom is 0.242 e. The van der Waals surface area contributed by atoms with Gasteiger partial charge in [-0.05, 0) is 32.1 Å². The number of hydrogen-bond acceptors (Lipinski definition) is 3. The lowest BCUT2D eigenvalue weighted by atomic mass is 9.99. The second kappa shape index (κ2) is 5.64. The number of ether oxygens (including phenoxy) is 1. The minimum Gasteiger partial charge on any atom is -0.379 e. The summed E-state index contributed by atoms with van der Waals surface area (Å²) in [5.41, 5.74) is 5.15. The van der Waals surface area contributed by atoms with Crippen molar-refractivity contribution in [2.24, 2.45) is 11.7 Å². The Kier molecular flexibility index (Phi) is 4.74. The van der Waals surface area contributed by atoms with Crippen LogP contribution in [0.25, 0.3) is 0 Å². The molecule has 0 aromatic carbocycles. The van der Waals surface area contributed by atoms with Crippen molar-refractivity contribution < 1.29 is 9.53 Å². The van der Waals surface area contributed by atoms with Gasteiger partial charge >= 0.3 is 0 Å². The number of carbonyl (C=O) groups excluding carboxylic acids is 1. The van der Waals surface area contributed by atoms with Gasteiger partial charge in [-0.1, -0.05) is 6.92 Å². The van der Waals surface area contributed by atoms with Gasteiger partial charge < -0.3 is 15.4 Å². The molecular weight excluding hydrogens is 204 g/mol. The first-order valence-electron chi connectivity index (χ1n) is 6.09. The molecule has 16 heavy (non-hydrogen) atoms. The normalized spacial score (nSPS) is 19.2. The Morgan fingerprint density at radius 1 is 1.56 bits per heavy atom. The van der Waals surface area contributed by atoms with Crippen LogP contribution in [0.1, 0.15) is 33.1 Å². The summed E-state index contributed by atoms with van der Waals surface area (Å²) in [5, 5.41) is 0. The number of rotatable bonds is 7. The zero-order valence-electron chi connectivity index (χ0n) is 10.7. The molecule has 0 radical (unpaired) electrons. The van der Waals surface area contributed by atoms with E-state index in [1.54, 1.807) is 18.9 Å². The molecule has 0 spiro atoms. The Morgan fingerprint density at radius 3 is 2.69 bits per heavy atom. The quantitative estimate of drug-likeness (QED) is 0.661. The van der Waals surface area contributed by atoms with Crippen molar-refractivity contribution in [1.82, 2.24) is 4.90 Å². The van der Waals surface area contributed by atoms with Gasteiger partial charge in [0, 0.05) is 20.2 Å². The fourth-order valence-electron chi connectivity index (χ4n) is 1.42. The zero-order chi connectivity index (χ0) is 12.2. The van der Waals surface area contributed by atoms with E-state index in [-0.39, 0.29) is 5.91 Å². The first-order valence-corrected chi connectivity index (χ1v) is 6.09. The Hall–Kier alpha value is -0.610. The van der Waals surface area contributed by atoms with E-state index in [0.717, 1.165) is 12.5 Å². The molecule has 1 amide bonds. The van der Waals surface area contributed by atoms with Gasteiger partial charge in [-0.15, -0.1) is 0 Å². The molecule has 1 aliphatic carbocycles. The van der Waals surface area contributed by atoms with Gasteiger partial charge in [0.05, 0.1) is 12.1 Å². The largest absolute Gasteiger partial charge is 0.379 e. The molecular formula is C12H24N2O2. The van der Waals surface area contributed by atoms with Crippen LogP contribution in [0.5, 0.6) is 0 Å². The molecule has 0 saturated heterocycles. The van der Waals surface area contributed by atoms with E-state index in [0.29, 0.717) is 19.6 Å². The van der Waals surface area contributed by atoms with Crippen molar-refractivity contribution >= 4 is 5.91 Å². The highest BCUT2D eigenvalue weighted by molar-refractivity contribution is 5.85. The van der Waals surface area contributed by atoms with Crippen LogP contribution >= 0.6 is 0 Å². The molecule has 1 atom stereocenters. The average molecular weight is 228 g/mol. The van der Waals surface area contributed by atoms with E-state index < -0.39 is 5.54 Å². The van der Waals surface area contributed by atoms with Crippen LogP contribution in [0, 0.1) is 5.92 Å². The summed E-state index contributed by atoms with van der Waals surface area (Å²) in [4.78, 5) is 13.5. The third-order valence-corrected chi connectivity index (χ3v) is 3.19. The van der Waals surface area contributed by atoms with Crippen molar-refractivity contribution in [3.05, 3.63) is 0 Å². The van der Waals surface area contributed by atoms with Gasteiger partial charge in [0.15, 0.2) is 0 Å². The van der Waals surface area contributed by atoms with Crippen LogP contribution in [0.3, 0.4) is 0 Å². The highest BCUT2D eigenvalue weighted by Gasteiger charge is 2.29. The molecule has 4 nitrogen and oxygen atoms in total. The number of carbonyl (C=O) groups is 1. The molecule has 1 unspecified atom stereocenters. The van der Waals surface area contributed by atoms with E-state index in [2.05, 4.69) is 0 Å². The lowest BCUT2D eigenvalue weighted by molar-refractivity contribution is -0.135. The number of nitrogens with two attached hydrogens (primary N) is 1. The van der Waals surface area contributed by atoms with Crippen LogP contribution in [0.4, 0.5) is 0 Å². The lowest BCUT2D eigenvalue weighted by Gasteiger charge is -2.28. The van der Waals surface area contributed by atoms with E-state index in [1.807, 2.05) is 6.92 Å². The maximum absolute atomic E-state index is 11.9. The summed E-state index contributed by atoms with van der Waals surface area (Å²) in [6, 6.07) is 0. The molecule has 1 fully saturated rings. The second-order valence-electron chi connectivity index (χ2n) is 5.02. The van der Waals surface area contributed by atoms with Crippen molar-refractivity contribution in [2.45, 2.75) is 38.6 Å². The van der Waals surface area contributed by atoms with Crippen LogP contribution in [0.2, 0.25) is 0 Å². The van der Waals surface area contributed by atoms with Crippen molar-refractivity contribution in [3.8, 4) is 0 Å². The summed E-state index contributed by atoms with van der Waals surface area (Å²) in [7, 11) is 1.78. The minimum atomic E-state index is -0.745. The predicted molar refractivity (Wildman–Crippen MR) is 64.1 cm³/mol. The van der Waals surface area contributed by atoms with Crippen LogP contribution in [0.15, 0.2) is 0 Å². The first-order chi connectivity index (χ1) is 7.47. The fraction of sp³-hybridized carbons (Fsp3) is 0.917. The van der Waals surface area contributed by atoms with Crippen LogP contribution in [-0.2, 0) is 9.53 Å². The fourth-order valence-corrected chi connectivity index (χ4v) is 1.42. The lowest BCUT2D eigenvalue weighted by Crippen LogP contribution is -2.52. The zero-order valence-corrected chi connectivity index (χ0v) is 10.7. The molecule has 94 valence electrons. The second-order valence-corrected chi connectivity index (χ2v) is 5.02. The Balaban J connectivity index is 2.17. The highest BCUT2D eigenvalue weighted by atomic mass is 16.5. The number of hydrogen-bond donors (Lipinski definition) is 1. The summed E-state index contributed by atoms with van der Waals surface area (Å²) in [5.74, 6) is 0.765. The van der Waals surface area contributed by atoms with E-state index >= 15 is 0 Å². The number of likely N-dealkylation sites (N-methyl/N-ethyl adjacent to an activating group) is 1. The van der Waals surface area contributed by atoms with Gasteiger partial charge in [0.1, 0.15) is 0 Å². The SMILES string of the molecule is CCC(C)(N)C(=O)N(C)CCOCC1CC1. The summed E-state index contributed by atoms with van der Waals surface area (Å²) in [6.45, 7) is 5.78. The molecule has 4 heteroatoms. The molecule has 2 N–H and O–H groups in total. The molecule has 0 bridgehead atoms.